The Kier molecular flexibility index (Phi) is 3.77. The second kappa shape index (κ2) is 5.49. The van der Waals surface area contributed by atoms with Crippen molar-refractivity contribution in [2.75, 3.05) is 7.11 Å². The lowest BCUT2D eigenvalue weighted by atomic mass is 10.1. The molecule has 1 aromatic carbocycles. The number of aromatic nitrogens is 2. The van der Waals surface area contributed by atoms with Crippen LogP contribution in [0.15, 0.2) is 36.7 Å². The predicted molar refractivity (Wildman–Crippen MR) is 68.9 cm³/mol. The molecule has 0 aliphatic carbocycles. The van der Waals surface area contributed by atoms with Crippen LogP contribution in [0.3, 0.4) is 0 Å². The predicted octanol–water partition coefficient (Wildman–Crippen LogP) is 2.34. The number of aryl methyl sites for hydroxylation is 1. The number of rotatable bonds is 5. The highest BCUT2D eigenvalue weighted by atomic mass is 16.5. The van der Waals surface area contributed by atoms with E-state index < -0.39 is 0 Å². The molecule has 0 N–H and O–H groups in total. The molecule has 0 atom stereocenters. The lowest BCUT2D eigenvalue weighted by molar-refractivity contribution is 0.0993. The van der Waals surface area contributed by atoms with Gasteiger partial charge in [0.1, 0.15) is 5.75 Å². The molecule has 0 unspecified atom stereocenters. The molecule has 0 bridgehead atoms. The summed E-state index contributed by atoms with van der Waals surface area (Å²) in [6.45, 7) is 2.76. The van der Waals surface area contributed by atoms with E-state index in [1.165, 1.54) is 0 Å². The topological polar surface area (TPSA) is 44.1 Å². The first-order valence-electron chi connectivity index (χ1n) is 5.91. The number of ketones is 1. The number of benzene rings is 1. The Labute approximate surface area is 106 Å². The molecule has 4 heteroatoms. The number of nitrogens with zero attached hydrogens (tertiary/aromatic N) is 2. The summed E-state index contributed by atoms with van der Waals surface area (Å²) in [6.07, 6.45) is 3.79. The van der Waals surface area contributed by atoms with Gasteiger partial charge in [-0.1, -0.05) is 12.1 Å². The van der Waals surface area contributed by atoms with Gasteiger partial charge in [-0.15, -0.1) is 0 Å². The zero-order valence-electron chi connectivity index (χ0n) is 10.6. The van der Waals surface area contributed by atoms with E-state index in [2.05, 4.69) is 5.10 Å². The fourth-order valence-electron chi connectivity index (χ4n) is 1.71. The molecular weight excluding hydrogens is 228 g/mol. The van der Waals surface area contributed by atoms with E-state index in [9.17, 15) is 4.79 Å². The molecule has 18 heavy (non-hydrogen) atoms. The quantitative estimate of drug-likeness (QED) is 0.758. The number of ether oxygens (including phenoxy) is 1. The average molecular weight is 244 g/mol. The second-order valence-corrected chi connectivity index (χ2v) is 4.03. The van der Waals surface area contributed by atoms with Gasteiger partial charge < -0.3 is 4.74 Å². The van der Waals surface area contributed by atoms with Crippen LogP contribution in [-0.2, 0) is 13.0 Å². The van der Waals surface area contributed by atoms with Gasteiger partial charge in [0.05, 0.1) is 18.9 Å². The first kappa shape index (κ1) is 12.4. The monoisotopic (exact) mass is 244 g/mol. The highest BCUT2D eigenvalue weighted by molar-refractivity contribution is 5.97. The summed E-state index contributed by atoms with van der Waals surface area (Å²) >= 11 is 0. The molecule has 2 rings (SSSR count). The van der Waals surface area contributed by atoms with Gasteiger partial charge in [0, 0.05) is 19.2 Å². The van der Waals surface area contributed by atoms with Crippen LogP contribution < -0.4 is 4.74 Å². The van der Waals surface area contributed by atoms with Gasteiger partial charge >= 0.3 is 0 Å². The highest BCUT2D eigenvalue weighted by Gasteiger charge is 2.09. The molecule has 4 nitrogen and oxygen atoms in total. The molecular formula is C14H16N2O2. The van der Waals surface area contributed by atoms with E-state index in [1.807, 2.05) is 31.2 Å². The SMILES string of the molecule is CCn1cc(C(=O)Cc2ccc(OC)cc2)cn1. The number of carbonyl (C=O) groups excluding carboxylic acids is 1. The third-order valence-electron chi connectivity index (χ3n) is 2.80. The maximum atomic E-state index is 12.0. The van der Waals surface area contributed by atoms with Gasteiger partial charge in [-0.05, 0) is 24.6 Å². The summed E-state index contributed by atoms with van der Waals surface area (Å²) < 4.78 is 6.83. The zero-order valence-corrected chi connectivity index (χ0v) is 10.6. The molecule has 0 saturated carbocycles. The van der Waals surface area contributed by atoms with E-state index in [1.54, 1.807) is 24.2 Å². The van der Waals surface area contributed by atoms with Crippen molar-refractivity contribution in [2.24, 2.45) is 0 Å². The van der Waals surface area contributed by atoms with Gasteiger partial charge in [0.25, 0.3) is 0 Å². The van der Waals surface area contributed by atoms with Crippen LogP contribution in [-0.4, -0.2) is 22.7 Å². The largest absolute Gasteiger partial charge is 0.497 e. The summed E-state index contributed by atoms with van der Waals surface area (Å²) in [6, 6.07) is 7.53. The highest BCUT2D eigenvalue weighted by Crippen LogP contribution is 2.13. The molecule has 0 aliphatic heterocycles. The third-order valence-corrected chi connectivity index (χ3v) is 2.80. The fraction of sp³-hybridized carbons (Fsp3) is 0.286. The van der Waals surface area contributed by atoms with E-state index >= 15 is 0 Å². The minimum absolute atomic E-state index is 0.0832. The molecule has 0 amide bonds. The van der Waals surface area contributed by atoms with Crippen molar-refractivity contribution in [2.45, 2.75) is 19.9 Å². The summed E-state index contributed by atoms with van der Waals surface area (Å²) in [5.41, 5.74) is 1.64. The van der Waals surface area contributed by atoms with Gasteiger partial charge in [0.2, 0.25) is 0 Å². The molecule has 1 heterocycles. The van der Waals surface area contributed by atoms with Crippen molar-refractivity contribution in [3.8, 4) is 5.75 Å². The summed E-state index contributed by atoms with van der Waals surface area (Å²) in [5, 5.41) is 4.10. The zero-order chi connectivity index (χ0) is 13.0. The maximum Gasteiger partial charge on any atom is 0.170 e. The minimum Gasteiger partial charge on any atom is -0.497 e. The van der Waals surface area contributed by atoms with Gasteiger partial charge in [-0.3, -0.25) is 9.48 Å². The van der Waals surface area contributed by atoms with E-state index in [4.69, 9.17) is 4.74 Å². The minimum atomic E-state index is 0.0832. The van der Waals surface area contributed by atoms with Crippen LogP contribution in [0.1, 0.15) is 22.8 Å². The van der Waals surface area contributed by atoms with Crippen molar-refractivity contribution in [1.82, 2.24) is 9.78 Å². The molecule has 2 aromatic rings. The molecule has 0 spiro atoms. The molecule has 1 aromatic heterocycles. The summed E-state index contributed by atoms with van der Waals surface area (Å²) in [5.74, 6) is 0.880. The lowest BCUT2D eigenvalue weighted by Gasteiger charge is -2.02. The van der Waals surface area contributed by atoms with E-state index in [0.29, 0.717) is 12.0 Å². The van der Waals surface area contributed by atoms with Crippen molar-refractivity contribution in [1.29, 1.82) is 0 Å². The Bertz CT molecular complexity index is 529. The average Bonchev–Trinajstić information content (AvgIpc) is 2.88. The van der Waals surface area contributed by atoms with Crippen LogP contribution in [0.4, 0.5) is 0 Å². The standard InChI is InChI=1S/C14H16N2O2/c1-3-16-10-12(9-15-16)14(17)8-11-4-6-13(18-2)7-5-11/h4-7,9-10H,3,8H2,1-2H3. The second-order valence-electron chi connectivity index (χ2n) is 4.03. The number of Topliss-reactive ketones (excluding diaryl/α,β-unsaturated/α-hetero) is 1. The molecule has 0 aliphatic rings. The number of carbonyl (C=O) groups is 1. The number of hydrogen-bond acceptors (Lipinski definition) is 3. The Balaban J connectivity index is 2.06. The van der Waals surface area contributed by atoms with Crippen LogP contribution in [0.5, 0.6) is 5.75 Å². The molecule has 0 saturated heterocycles. The maximum absolute atomic E-state index is 12.0. The van der Waals surface area contributed by atoms with Crippen molar-refractivity contribution < 1.29 is 9.53 Å². The van der Waals surface area contributed by atoms with E-state index in [-0.39, 0.29) is 5.78 Å². The lowest BCUT2D eigenvalue weighted by Crippen LogP contribution is -2.02. The van der Waals surface area contributed by atoms with Crippen LogP contribution >= 0.6 is 0 Å². The normalized spacial score (nSPS) is 10.3. The van der Waals surface area contributed by atoms with Gasteiger partial charge in [0.15, 0.2) is 5.78 Å². The molecule has 94 valence electrons. The first-order valence-corrected chi connectivity index (χ1v) is 5.91. The smallest absolute Gasteiger partial charge is 0.170 e. The van der Waals surface area contributed by atoms with Crippen molar-refractivity contribution in [3.05, 3.63) is 47.8 Å². The third kappa shape index (κ3) is 2.77. The fourth-order valence-corrected chi connectivity index (χ4v) is 1.71. The van der Waals surface area contributed by atoms with Crippen LogP contribution in [0, 0.1) is 0 Å². The Hall–Kier alpha value is -2.10. The van der Waals surface area contributed by atoms with Crippen LogP contribution in [0.25, 0.3) is 0 Å². The first-order chi connectivity index (χ1) is 8.72. The van der Waals surface area contributed by atoms with E-state index in [0.717, 1.165) is 17.9 Å². The van der Waals surface area contributed by atoms with Crippen molar-refractivity contribution in [3.63, 3.8) is 0 Å². The molecule has 0 radical (unpaired) electrons. The summed E-state index contributed by atoms with van der Waals surface area (Å²) in [7, 11) is 1.62. The van der Waals surface area contributed by atoms with Crippen molar-refractivity contribution >= 4 is 5.78 Å². The Morgan fingerprint density at radius 3 is 2.61 bits per heavy atom. The van der Waals surface area contributed by atoms with Gasteiger partial charge in [-0.2, -0.15) is 5.10 Å². The number of methoxy groups -OCH3 is 1. The Morgan fingerprint density at radius 2 is 2.06 bits per heavy atom. The molecule has 0 fully saturated rings. The number of hydrogen-bond donors (Lipinski definition) is 0. The van der Waals surface area contributed by atoms with Gasteiger partial charge in [-0.25, -0.2) is 0 Å². The Morgan fingerprint density at radius 1 is 1.33 bits per heavy atom. The summed E-state index contributed by atoms with van der Waals surface area (Å²) in [4.78, 5) is 12.0. The van der Waals surface area contributed by atoms with Crippen LogP contribution in [0.2, 0.25) is 0 Å².